The van der Waals surface area contributed by atoms with Crippen LogP contribution in [0.5, 0.6) is 0 Å². The van der Waals surface area contributed by atoms with Crippen LogP contribution in [-0.4, -0.2) is 18.1 Å². The van der Waals surface area contributed by atoms with Crippen molar-refractivity contribution >= 4 is 34.8 Å². The summed E-state index contributed by atoms with van der Waals surface area (Å²) < 4.78 is 0. The Labute approximate surface area is 124 Å². The minimum atomic E-state index is 0.432. The van der Waals surface area contributed by atoms with Crippen LogP contribution in [0.25, 0.3) is 0 Å². The molecule has 1 aromatic heterocycles. The summed E-state index contributed by atoms with van der Waals surface area (Å²) in [5.41, 5.74) is 2.50. The molecule has 2 rings (SSSR count). The number of pyridine rings is 1. The van der Waals surface area contributed by atoms with Crippen molar-refractivity contribution in [1.82, 2.24) is 4.98 Å². The summed E-state index contributed by atoms with van der Waals surface area (Å²) in [7, 11) is 2.03. The molecule has 1 heterocycles. The number of nitrogen functional groups attached to an aromatic ring is 1. The van der Waals surface area contributed by atoms with Gasteiger partial charge in [-0.25, -0.2) is 10.8 Å². The number of aromatic nitrogens is 1. The van der Waals surface area contributed by atoms with Gasteiger partial charge in [-0.3, -0.25) is 0 Å². The maximum Gasteiger partial charge on any atom is 0.161 e. The van der Waals surface area contributed by atoms with E-state index in [2.05, 4.69) is 22.2 Å². The van der Waals surface area contributed by atoms with Gasteiger partial charge in [0.25, 0.3) is 0 Å². The molecule has 2 atom stereocenters. The lowest BCUT2D eigenvalue weighted by molar-refractivity contribution is 0.335. The van der Waals surface area contributed by atoms with E-state index in [1.54, 1.807) is 6.07 Å². The van der Waals surface area contributed by atoms with Crippen molar-refractivity contribution in [3.05, 3.63) is 16.1 Å². The predicted octanol–water partition coefficient (Wildman–Crippen LogP) is 3.69. The van der Waals surface area contributed by atoms with Crippen LogP contribution in [0.2, 0.25) is 10.0 Å². The predicted molar refractivity (Wildman–Crippen MR) is 81.9 cm³/mol. The first-order chi connectivity index (χ1) is 9.02. The molecular formula is C13H20Cl2N4. The number of anilines is 2. The third-order valence-corrected chi connectivity index (χ3v) is 4.40. The molecule has 1 aliphatic carbocycles. The van der Waals surface area contributed by atoms with E-state index in [9.17, 15) is 0 Å². The van der Waals surface area contributed by atoms with Crippen molar-refractivity contribution in [2.45, 2.75) is 38.6 Å². The Bertz CT molecular complexity index is 453. The summed E-state index contributed by atoms with van der Waals surface area (Å²) in [6, 6.07) is 2.16. The molecule has 0 aromatic carbocycles. The van der Waals surface area contributed by atoms with Gasteiger partial charge in [-0.1, -0.05) is 43.0 Å². The fourth-order valence-corrected chi connectivity index (χ4v) is 3.28. The first-order valence-corrected chi connectivity index (χ1v) is 7.34. The Hall–Kier alpha value is -0.710. The second-order valence-corrected chi connectivity index (χ2v) is 6.12. The van der Waals surface area contributed by atoms with Gasteiger partial charge in [0.1, 0.15) is 5.82 Å². The van der Waals surface area contributed by atoms with Gasteiger partial charge in [0.15, 0.2) is 5.82 Å². The van der Waals surface area contributed by atoms with Crippen LogP contribution in [0.15, 0.2) is 6.07 Å². The topological polar surface area (TPSA) is 54.2 Å². The number of nitrogens with one attached hydrogen (secondary N) is 1. The summed E-state index contributed by atoms with van der Waals surface area (Å²) in [4.78, 5) is 6.56. The fourth-order valence-electron chi connectivity index (χ4n) is 2.73. The zero-order valence-electron chi connectivity index (χ0n) is 11.3. The fraction of sp³-hybridized carbons (Fsp3) is 0.615. The molecule has 1 saturated carbocycles. The minimum Gasteiger partial charge on any atom is -0.355 e. The molecule has 3 N–H and O–H groups in total. The quantitative estimate of drug-likeness (QED) is 0.660. The Morgan fingerprint density at radius 1 is 1.37 bits per heavy atom. The minimum absolute atomic E-state index is 0.432. The van der Waals surface area contributed by atoms with Gasteiger partial charge in [0.2, 0.25) is 0 Å². The second kappa shape index (κ2) is 6.16. The van der Waals surface area contributed by atoms with Crippen LogP contribution in [0.1, 0.15) is 32.6 Å². The van der Waals surface area contributed by atoms with Crippen molar-refractivity contribution < 1.29 is 0 Å². The Morgan fingerprint density at radius 3 is 2.74 bits per heavy atom. The smallest absolute Gasteiger partial charge is 0.161 e. The molecule has 0 spiro atoms. The van der Waals surface area contributed by atoms with E-state index in [0.717, 1.165) is 11.7 Å². The average molecular weight is 303 g/mol. The maximum absolute atomic E-state index is 6.25. The van der Waals surface area contributed by atoms with Crippen molar-refractivity contribution in [2.75, 3.05) is 17.4 Å². The van der Waals surface area contributed by atoms with E-state index in [4.69, 9.17) is 29.0 Å². The molecule has 0 bridgehead atoms. The zero-order valence-corrected chi connectivity index (χ0v) is 12.8. The number of hydrogen-bond acceptors (Lipinski definition) is 4. The van der Waals surface area contributed by atoms with E-state index in [1.807, 2.05) is 7.05 Å². The molecule has 0 aliphatic heterocycles. The largest absolute Gasteiger partial charge is 0.355 e. The number of hydrazine groups is 1. The van der Waals surface area contributed by atoms with Gasteiger partial charge in [-0.2, -0.15) is 0 Å². The second-order valence-electron chi connectivity index (χ2n) is 5.31. The highest BCUT2D eigenvalue weighted by atomic mass is 35.5. The molecule has 1 aromatic rings. The van der Waals surface area contributed by atoms with Crippen LogP contribution in [0.3, 0.4) is 0 Å². The molecule has 1 aliphatic rings. The molecule has 19 heavy (non-hydrogen) atoms. The lowest BCUT2D eigenvalue weighted by atomic mass is 9.86. The highest BCUT2D eigenvalue weighted by molar-refractivity contribution is 6.37. The van der Waals surface area contributed by atoms with Crippen LogP contribution in [0, 0.1) is 5.92 Å². The van der Waals surface area contributed by atoms with Gasteiger partial charge in [0, 0.05) is 13.1 Å². The van der Waals surface area contributed by atoms with Crippen molar-refractivity contribution in [2.24, 2.45) is 11.8 Å². The van der Waals surface area contributed by atoms with Crippen LogP contribution < -0.4 is 16.2 Å². The third kappa shape index (κ3) is 3.25. The Balaban J connectivity index is 2.25. The maximum atomic E-state index is 6.25. The van der Waals surface area contributed by atoms with Gasteiger partial charge < -0.3 is 10.3 Å². The monoisotopic (exact) mass is 302 g/mol. The van der Waals surface area contributed by atoms with Crippen LogP contribution in [0.4, 0.5) is 11.6 Å². The normalized spacial score (nSPS) is 23.2. The molecule has 0 amide bonds. The number of hydrogen-bond donors (Lipinski definition) is 2. The molecule has 2 unspecified atom stereocenters. The molecule has 0 saturated heterocycles. The molecule has 4 nitrogen and oxygen atoms in total. The third-order valence-electron chi connectivity index (χ3n) is 3.84. The van der Waals surface area contributed by atoms with Crippen molar-refractivity contribution in [3.63, 3.8) is 0 Å². The molecule has 0 radical (unpaired) electrons. The first kappa shape index (κ1) is 14.7. The number of rotatable bonds is 3. The van der Waals surface area contributed by atoms with Gasteiger partial charge in [-0.15, -0.1) is 0 Å². The average Bonchev–Trinajstić information content (AvgIpc) is 2.38. The molecular weight excluding hydrogens is 283 g/mol. The Morgan fingerprint density at radius 2 is 2.11 bits per heavy atom. The van der Waals surface area contributed by atoms with Crippen molar-refractivity contribution in [1.29, 1.82) is 0 Å². The summed E-state index contributed by atoms with van der Waals surface area (Å²) in [6.07, 6.45) is 4.90. The molecule has 1 fully saturated rings. The first-order valence-electron chi connectivity index (χ1n) is 6.58. The standard InChI is InChI=1S/C13H20Cl2N4/c1-8-4-3-5-9(6-8)19(2)13-11(15)7-10(14)12(17-13)18-16/h7-9H,3-6,16H2,1-2H3,(H,17,18). The highest BCUT2D eigenvalue weighted by Crippen LogP contribution is 2.35. The molecule has 6 heteroatoms. The van der Waals surface area contributed by atoms with Crippen molar-refractivity contribution in [3.8, 4) is 0 Å². The van der Waals surface area contributed by atoms with Gasteiger partial charge in [0.05, 0.1) is 10.0 Å². The molecule has 106 valence electrons. The highest BCUT2D eigenvalue weighted by Gasteiger charge is 2.25. The summed E-state index contributed by atoms with van der Waals surface area (Å²) in [5, 5.41) is 0.992. The van der Waals surface area contributed by atoms with E-state index < -0.39 is 0 Å². The number of halogens is 2. The van der Waals surface area contributed by atoms with Gasteiger partial charge >= 0.3 is 0 Å². The lowest BCUT2D eigenvalue weighted by Crippen LogP contribution is -2.36. The summed E-state index contributed by atoms with van der Waals surface area (Å²) in [5.74, 6) is 7.35. The van der Waals surface area contributed by atoms with E-state index in [-0.39, 0.29) is 0 Å². The van der Waals surface area contributed by atoms with Crippen LogP contribution >= 0.6 is 23.2 Å². The summed E-state index contributed by atoms with van der Waals surface area (Å²) >= 11 is 12.3. The summed E-state index contributed by atoms with van der Waals surface area (Å²) in [6.45, 7) is 2.30. The van der Waals surface area contributed by atoms with Crippen LogP contribution in [-0.2, 0) is 0 Å². The van der Waals surface area contributed by atoms with E-state index >= 15 is 0 Å². The SMILES string of the molecule is CC1CCCC(N(C)c2nc(NN)c(Cl)cc2Cl)C1. The Kier molecular flexibility index (Phi) is 4.76. The lowest BCUT2D eigenvalue weighted by Gasteiger charge is -2.35. The number of nitrogens with zero attached hydrogens (tertiary/aromatic N) is 2. The number of nitrogens with two attached hydrogens (primary N) is 1. The van der Waals surface area contributed by atoms with Gasteiger partial charge in [-0.05, 0) is 24.8 Å². The van der Waals surface area contributed by atoms with E-state index in [0.29, 0.717) is 21.9 Å². The van der Waals surface area contributed by atoms with E-state index in [1.165, 1.54) is 25.7 Å². The zero-order chi connectivity index (χ0) is 14.0.